The van der Waals surface area contributed by atoms with Crippen LogP contribution in [0.25, 0.3) is 6.08 Å². The van der Waals surface area contributed by atoms with E-state index in [1.165, 1.54) is 30.9 Å². The molecule has 6 nitrogen and oxygen atoms in total. The lowest BCUT2D eigenvalue weighted by atomic mass is 9.94. The number of hydrogen-bond donors (Lipinski definition) is 1. The second-order valence-corrected chi connectivity index (χ2v) is 7.07. The van der Waals surface area contributed by atoms with E-state index in [1.807, 2.05) is 30.3 Å². The average Bonchev–Trinajstić information content (AvgIpc) is 2.73. The molecule has 1 heterocycles. The molecule has 7 heteroatoms. The quantitative estimate of drug-likeness (QED) is 0.741. The number of fused-ring (bicyclic) bond motifs is 1. The summed E-state index contributed by atoms with van der Waals surface area (Å²) >= 11 is 0. The molecule has 2 amide bonds. The highest BCUT2D eigenvalue weighted by atomic mass is 19.1. The zero-order valence-electron chi connectivity index (χ0n) is 16.8. The Hall–Kier alpha value is -3.48. The zero-order valence-corrected chi connectivity index (χ0v) is 16.8. The summed E-state index contributed by atoms with van der Waals surface area (Å²) in [6.07, 6.45) is 2.40. The van der Waals surface area contributed by atoms with Crippen molar-refractivity contribution >= 4 is 23.9 Å². The van der Waals surface area contributed by atoms with Gasteiger partial charge in [-0.1, -0.05) is 36.4 Å². The van der Waals surface area contributed by atoms with Gasteiger partial charge in [-0.3, -0.25) is 14.4 Å². The van der Waals surface area contributed by atoms with Gasteiger partial charge in [0.15, 0.2) is 6.10 Å². The minimum atomic E-state index is -1.00. The van der Waals surface area contributed by atoms with Crippen molar-refractivity contribution < 1.29 is 23.5 Å². The van der Waals surface area contributed by atoms with Crippen LogP contribution in [0.3, 0.4) is 0 Å². The van der Waals surface area contributed by atoms with Crippen molar-refractivity contribution in [3.8, 4) is 0 Å². The molecule has 0 aromatic heterocycles. The van der Waals surface area contributed by atoms with Gasteiger partial charge in [-0.15, -0.1) is 0 Å². The summed E-state index contributed by atoms with van der Waals surface area (Å²) in [7, 11) is 0. The maximum atomic E-state index is 12.9. The number of esters is 1. The predicted molar refractivity (Wildman–Crippen MR) is 109 cm³/mol. The molecule has 2 aromatic carbocycles. The van der Waals surface area contributed by atoms with E-state index in [1.54, 1.807) is 18.3 Å². The fraction of sp³-hybridized carbons (Fsp3) is 0.261. The van der Waals surface area contributed by atoms with E-state index in [0.29, 0.717) is 0 Å². The van der Waals surface area contributed by atoms with Crippen LogP contribution in [0.1, 0.15) is 43.0 Å². The number of benzene rings is 2. The van der Waals surface area contributed by atoms with Gasteiger partial charge >= 0.3 is 5.97 Å². The molecule has 2 atom stereocenters. The highest BCUT2D eigenvalue weighted by molar-refractivity contribution is 5.84. The first-order valence-electron chi connectivity index (χ1n) is 9.63. The predicted octanol–water partition coefficient (Wildman–Crippen LogP) is 3.34. The number of carbonyl (C=O) groups excluding carboxylic acids is 3. The van der Waals surface area contributed by atoms with Crippen LogP contribution in [0.2, 0.25) is 0 Å². The second-order valence-electron chi connectivity index (χ2n) is 7.07. The monoisotopic (exact) mass is 410 g/mol. The lowest BCUT2D eigenvalue weighted by molar-refractivity contribution is -0.156. The van der Waals surface area contributed by atoms with Crippen molar-refractivity contribution in [1.29, 1.82) is 0 Å². The first kappa shape index (κ1) is 21.2. The first-order chi connectivity index (χ1) is 14.3. The number of amides is 2. The smallest absolute Gasteiger partial charge is 0.309 e. The van der Waals surface area contributed by atoms with Gasteiger partial charge in [0.25, 0.3) is 5.91 Å². The number of nitrogens with zero attached hydrogens (tertiary/aromatic N) is 1. The molecule has 0 unspecified atom stereocenters. The molecule has 1 N–H and O–H groups in total. The normalized spacial score (nSPS) is 15.8. The van der Waals surface area contributed by atoms with E-state index in [0.717, 1.165) is 16.7 Å². The van der Waals surface area contributed by atoms with Crippen molar-refractivity contribution in [1.82, 2.24) is 10.2 Å². The van der Waals surface area contributed by atoms with E-state index in [-0.39, 0.29) is 24.7 Å². The maximum absolute atomic E-state index is 12.9. The first-order valence-corrected chi connectivity index (χ1v) is 9.63. The van der Waals surface area contributed by atoms with Crippen LogP contribution in [0, 0.1) is 5.82 Å². The molecule has 2 aromatic rings. The van der Waals surface area contributed by atoms with Gasteiger partial charge < -0.3 is 15.0 Å². The summed E-state index contributed by atoms with van der Waals surface area (Å²) in [5.41, 5.74) is 2.50. The number of ether oxygens (including phenoxy) is 1. The Kier molecular flexibility index (Phi) is 6.61. The molecule has 0 fully saturated rings. The molecule has 156 valence electrons. The SMILES string of the molecule is CC(=O)N1C=Cc2ccccc2[C@H]1CC(=O)O[C@@H](C)C(=O)NCc1ccc(F)cc1. The van der Waals surface area contributed by atoms with Gasteiger partial charge in [-0.25, -0.2) is 4.39 Å². The van der Waals surface area contributed by atoms with Crippen LogP contribution in [-0.4, -0.2) is 28.8 Å². The molecule has 1 aliphatic rings. The van der Waals surface area contributed by atoms with Crippen molar-refractivity contribution in [2.45, 2.75) is 39.0 Å². The minimum Gasteiger partial charge on any atom is -0.452 e. The van der Waals surface area contributed by atoms with Crippen molar-refractivity contribution in [2.24, 2.45) is 0 Å². The topological polar surface area (TPSA) is 75.7 Å². The fourth-order valence-electron chi connectivity index (χ4n) is 3.31. The molecule has 1 aliphatic heterocycles. The molecule has 0 spiro atoms. The molecule has 0 aliphatic carbocycles. The van der Waals surface area contributed by atoms with Gasteiger partial charge in [-0.05, 0) is 41.8 Å². The third-order valence-corrected chi connectivity index (χ3v) is 4.89. The van der Waals surface area contributed by atoms with E-state index in [4.69, 9.17) is 4.74 Å². The molecule has 0 saturated heterocycles. The zero-order chi connectivity index (χ0) is 21.7. The summed E-state index contributed by atoms with van der Waals surface area (Å²) in [6, 6.07) is 12.8. The minimum absolute atomic E-state index is 0.0729. The summed E-state index contributed by atoms with van der Waals surface area (Å²) < 4.78 is 18.2. The van der Waals surface area contributed by atoms with Crippen molar-refractivity contribution in [2.75, 3.05) is 0 Å². The van der Waals surface area contributed by atoms with Crippen molar-refractivity contribution in [3.63, 3.8) is 0 Å². The van der Waals surface area contributed by atoms with Crippen LogP contribution in [0.15, 0.2) is 54.7 Å². The fourth-order valence-corrected chi connectivity index (χ4v) is 3.31. The van der Waals surface area contributed by atoms with Gasteiger partial charge in [0.1, 0.15) is 5.82 Å². The molecular weight excluding hydrogens is 387 g/mol. The molecule has 0 radical (unpaired) electrons. The molecule has 0 bridgehead atoms. The summed E-state index contributed by atoms with van der Waals surface area (Å²) in [4.78, 5) is 38.2. The Bertz CT molecular complexity index is 971. The van der Waals surface area contributed by atoms with Crippen LogP contribution in [0.4, 0.5) is 4.39 Å². The third kappa shape index (κ3) is 5.11. The van der Waals surface area contributed by atoms with Gasteiger partial charge in [0, 0.05) is 19.7 Å². The van der Waals surface area contributed by atoms with Crippen LogP contribution < -0.4 is 5.32 Å². The number of carbonyl (C=O) groups is 3. The van der Waals surface area contributed by atoms with Gasteiger partial charge in [0.05, 0.1) is 12.5 Å². The Labute approximate surface area is 174 Å². The standard InChI is InChI=1S/C23H23FN2O4/c1-15(23(29)25-14-17-7-9-19(24)10-8-17)30-22(28)13-21-20-6-4-3-5-18(20)11-12-26(21)16(2)27/h3-12,15,21H,13-14H2,1-2H3,(H,25,29)/t15-,21+/m0/s1. The lowest BCUT2D eigenvalue weighted by Crippen LogP contribution is -2.37. The second kappa shape index (κ2) is 9.35. The van der Waals surface area contributed by atoms with E-state index >= 15 is 0 Å². The average molecular weight is 410 g/mol. The number of hydrogen-bond acceptors (Lipinski definition) is 4. The molecule has 30 heavy (non-hydrogen) atoms. The summed E-state index contributed by atoms with van der Waals surface area (Å²) in [5, 5.41) is 2.66. The highest BCUT2D eigenvalue weighted by Crippen LogP contribution is 2.33. The van der Waals surface area contributed by atoms with Crippen LogP contribution in [0.5, 0.6) is 0 Å². The van der Waals surface area contributed by atoms with E-state index in [9.17, 15) is 18.8 Å². The Morgan fingerprint density at radius 1 is 1.13 bits per heavy atom. The molecule has 3 rings (SSSR count). The van der Waals surface area contributed by atoms with Gasteiger partial charge in [0.2, 0.25) is 5.91 Å². The Balaban J connectivity index is 1.59. The summed E-state index contributed by atoms with van der Waals surface area (Å²) in [5.74, 6) is -1.59. The summed E-state index contributed by atoms with van der Waals surface area (Å²) in [6.45, 7) is 3.11. The van der Waals surface area contributed by atoms with Gasteiger partial charge in [-0.2, -0.15) is 0 Å². The molecule has 0 saturated carbocycles. The van der Waals surface area contributed by atoms with Crippen LogP contribution >= 0.6 is 0 Å². The van der Waals surface area contributed by atoms with E-state index in [2.05, 4.69) is 5.32 Å². The number of rotatable bonds is 6. The third-order valence-electron chi connectivity index (χ3n) is 4.89. The van der Waals surface area contributed by atoms with Crippen molar-refractivity contribution in [3.05, 3.63) is 77.2 Å². The molecular formula is C23H23FN2O4. The Morgan fingerprint density at radius 2 is 1.83 bits per heavy atom. The van der Waals surface area contributed by atoms with E-state index < -0.39 is 24.0 Å². The van der Waals surface area contributed by atoms with Crippen LogP contribution in [-0.2, 0) is 25.7 Å². The maximum Gasteiger partial charge on any atom is 0.309 e. The highest BCUT2D eigenvalue weighted by Gasteiger charge is 2.30. The Morgan fingerprint density at radius 3 is 2.53 bits per heavy atom. The lowest BCUT2D eigenvalue weighted by Gasteiger charge is -2.32. The number of nitrogens with one attached hydrogen (secondary N) is 1. The number of halogens is 1. The largest absolute Gasteiger partial charge is 0.452 e.